The van der Waals surface area contributed by atoms with Crippen molar-refractivity contribution in [3.05, 3.63) is 75.9 Å². The fourth-order valence-corrected chi connectivity index (χ4v) is 5.26. The van der Waals surface area contributed by atoms with Crippen LogP contribution in [0.5, 0.6) is 5.75 Å². The highest BCUT2D eigenvalue weighted by Crippen LogP contribution is 2.37. The maximum Gasteiger partial charge on any atom is 0.254 e. The summed E-state index contributed by atoms with van der Waals surface area (Å²) >= 11 is 0. The number of carbonyl (C=O) groups excluding carboxylic acids is 1. The molecule has 41 heavy (non-hydrogen) atoms. The molecule has 0 saturated carbocycles. The number of nitrogens with zero attached hydrogens (tertiary/aromatic N) is 5. The fraction of sp³-hybridized carbons (Fsp3) is 0.455. The lowest BCUT2D eigenvalue weighted by Gasteiger charge is -2.35. The number of amides is 1. The van der Waals surface area contributed by atoms with Crippen LogP contribution in [0.25, 0.3) is 11.1 Å². The minimum atomic E-state index is -1.08. The normalized spacial score (nSPS) is 14.1. The lowest BCUT2D eigenvalue weighted by atomic mass is 9.85. The zero-order valence-corrected chi connectivity index (χ0v) is 25.3. The molecule has 4 rings (SSSR count). The number of aliphatic hydroxyl groups is 1. The molecule has 2 aromatic heterocycles. The van der Waals surface area contributed by atoms with E-state index in [0.717, 1.165) is 47.3 Å². The van der Waals surface area contributed by atoms with Crippen LogP contribution in [0.4, 0.5) is 0 Å². The molecule has 3 heterocycles. The number of fused-ring (bicyclic) bond motifs is 1. The van der Waals surface area contributed by atoms with E-state index in [-0.39, 0.29) is 11.9 Å². The van der Waals surface area contributed by atoms with E-state index >= 15 is 0 Å². The maximum absolute atomic E-state index is 14.2. The monoisotopic (exact) mass is 555 g/mol. The zero-order chi connectivity index (χ0) is 29.9. The largest absolute Gasteiger partial charge is 0.492 e. The van der Waals surface area contributed by atoms with Crippen LogP contribution in [0.2, 0.25) is 0 Å². The molecule has 0 fully saturated rings. The smallest absolute Gasteiger partial charge is 0.254 e. The molecule has 1 N–H and O–H groups in total. The van der Waals surface area contributed by atoms with E-state index in [9.17, 15) is 15.2 Å². The molecule has 0 saturated heterocycles. The number of nitriles is 1. The van der Waals surface area contributed by atoms with Crippen molar-refractivity contribution >= 4 is 5.91 Å². The van der Waals surface area contributed by atoms with Gasteiger partial charge in [-0.05, 0) is 101 Å². The summed E-state index contributed by atoms with van der Waals surface area (Å²) < 4.78 is 5.68. The third-order valence-corrected chi connectivity index (χ3v) is 7.95. The van der Waals surface area contributed by atoms with Crippen molar-refractivity contribution < 1.29 is 14.6 Å². The van der Waals surface area contributed by atoms with Gasteiger partial charge >= 0.3 is 0 Å². The SMILES string of the molecule is CCOc1cc([C@H](C)N2CCc3c(cc(CCN(C)CC)cc3-c3cc(C(C)(C)O)ncc3C)C2=O)ncc1C#N. The van der Waals surface area contributed by atoms with Crippen LogP contribution in [0, 0.1) is 18.3 Å². The second-order valence-electron chi connectivity index (χ2n) is 11.3. The van der Waals surface area contributed by atoms with Crippen molar-refractivity contribution in [3.8, 4) is 22.9 Å². The second kappa shape index (κ2) is 12.4. The Kier molecular flexibility index (Phi) is 9.11. The van der Waals surface area contributed by atoms with Gasteiger partial charge in [0.25, 0.3) is 5.91 Å². The highest BCUT2D eigenvalue weighted by Gasteiger charge is 2.32. The number of benzene rings is 1. The Balaban J connectivity index is 1.79. The first kappa shape index (κ1) is 30.2. The van der Waals surface area contributed by atoms with Gasteiger partial charge in [-0.15, -0.1) is 0 Å². The highest BCUT2D eigenvalue weighted by atomic mass is 16.5. The van der Waals surface area contributed by atoms with Crippen LogP contribution in [-0.2, 0) is 18.4 Å². The van der Waals surface area contributed by atoms with Crippen LogP contribution in [-0.4, -0.2) is 64.1 Å². The van der Waals surface area contributed by atoms with E-state index in [1.165, 1.54) is 6.20 Å². The van der Waals surface area contributed by atoms with Crippen LogP contribution in [0.1, 0.15) is 84.7 Å². The molecule has 0 spiro atoms. The van der Waals surface area contributed by atoms with Gasteiger partial charge in [0.15, 0.2) is 0 Å². The summed E-state index contributed by atoms with van der Waals surface area (Å²) in [7, 11) is 2.09. The van der Waals surface area contributed by atoms with E-state index in [0.29, 0.717) is 47.8 Å². The van der Waals surface area contributed by atoms with Gasteiger partial charge in [-0.3, -0.25) is 14.8 Å². The zero-order valence-electron chi connectivity index (χ0n) is 25.3. The lowest BCUT2D eigenvalue weighted by molar-refractivity contribution is 0.0668. The number of pyridine rings is 2. The molecule has 0 unspecified atom stereocenters. The summed E-state index contributed by atoms with van der Waals surface area (Å²) in [5.74, 6) is 0.446. The fourth-order valence-electron chi connectivity index (χ4n) is 5.26. The molecular weight excluding hydrogens is 514 g/mol. The van der Waals surface area contributed by atoms with Gasteiger partial charge in [-0.25, -0.2) is 0 Å². The van der Waals surface area contributed by atoms with E-state index in [1.807, 2.05) is 31.7 Å². The predicted molar refractivity (Wildman–Crippen MR) is 160 cm³/mol. The van der Waals surface area contributed by atoms with Crippen LogP contribution >= 0.6 is 0 Å². The Labute approximate surface area is 243 Å². The molecule has 1 aliphatic heterocycles. The van der Waals surface area contributed by atoms with Gasteiger partial charge in [0.05, 0.1) is 24.0 Å². The quantitative estimate of drug-likeness (QED) is 0.367. The molecule has 8 nitrogen and oxygen atoms in total. The minimum Gasteiger partial charge on any atom is -0.492 e. The van der Waals surface area contributed by atoms with Gasteiger partial charge < -0.3 is 19.6 Å². The first-order chi connectivity index (χ1) is 19.5. The molecular formula is C33H41N5O3. The molecule has 3 aromatic rings. The van der Waals surface area contributed by atoms with Gasteiger partial charge in [-0.2, -0.15) is 5.26 Å². The third-order valence-electron chi connectivity index (χ3n) is 7.95. The predicted octanol–water partition coefficient (Wildman–Crippen LogP) is 5.20. The number of ether oxygens (including phenoxy) is 1. The molecule has 216 valence electrons. The van der Waals surface area contributed by atoms with E-state index < -0.39 is 5.60 Å². The molecule has 0 aliphatic carbocycles. The van der Waals surface area contributed by atoms with Crippen LogP contribution < -0.4 is 4.74 Å². The Morgan fingerprint density at radius 3 is 2.54 bits per heavy atom. The van der Waals surface area contributed by atoms with Gasteiger partial charge in [-0.1, -0.05) is 13.0 Å². The molecule has 1 aromatic carbocycles. The maximum atomic E-state index is 14.2. The van der Waals surface area contributed by atoms with Crippen molar-refractivity contribution in [1.29, 1.82) is 5.26 Å². The lowest BCUT2D eigenvalue weighted by Crippen LogP contribution is -2.40. The first-order valence-corrected chi connectivity index (χ1v) is 14.4. The highest BCUT2D eigenvalue weighted by molar-refractivity contribution is 5.99. The minimum absolute atomic E-state index is 0.0377. The van der Waals surface area contributed by atoms with Crippen LogP contribution in [0.3, 0.4) is 0 Å². The third kappa shape index (κ3) is 6.42. The molecule has 0 bridgehead atoms. The molecule has 8 heteroatoms. The van der Waals surface area contributed by atoms with Crippen molar-refractivity contribution in [1.82, 2.24) is 19.8 Å². The number of carbonyl (C=O) groups is 1. The number of aryl methyl sites for hydroxylation is 1. The van der Waals surface area contributed by atoms with Crippen molar-refractivity contribution in [3.63, 3.8) is 0 Å². The molecule has 1 atom stereocenters. The summed E-state index contributed by atoms with van der Waals surface area (Å²) in [6.07, 6.45) is 4.82. The van der Waals surface area contributed by atoms with Crippen molar-refractivity contribution in [2.75, 3.05) is 33.3 Å². The Morgan fingerprint density at radius 1 is 1.15 bits per heavy atom. The topological polar surface area (TPSA) is 103 Å². The summed E-state index contributed by atoms with van der Waals surface area (Å²) in [5, 5.41) is 20.1. The first-order valence-electron chi connectivity index (χ1n) is 14.4. The van der Waals surface area contributed by atoms with Crippen LogP contribution in [0.15, 0.2) is 36.7 Å². The number of hydrogen-bond donors (Lipinski definition) is 1. The average molecular weight is 556 g/mol. The average Bonchev–Trinajstić information content (AvgIpc) is 2.95. The van der Waals surface area contributed by atoms with E-state index in [4.69, 9.17) is 4.74 Å². The van der Waals surface area contributed by atoms with Gasteiger partial charge in [0.2, 0.25) is 0 Å². The Hall–Kier alpha value is -3.80. The molecule has 1 amide bonds. The summed E-state index contributed by atoms with van der Waals surface area (Å²) in [6.45, 7) is 14.3. The number of likely N-dealkylation sites (N-methyl/N-ethyl adjacent to an activating group) is 1. The van der Waals surface area contributed by atoms with E-state index in [1.54, 1.807) is 26.1 Å². The summed E-state index contributed by atoms with van der Waals surface area (Å²) in [4.78, 5) is 27.3. The van der Waals surface area contributed by atoms with Crippen molar-refractivity contribution in [2.24, 2.45) is 0 Å². The van der Waals surface area contributed by atoms with E-state index in [2.05, 4.69) is 47.0 Å². The summed E-state index contributed by atoms with van der Waals surface area (Å²) in [5.41, 5.74) is 6.40. The van der Waals surface area contributed by atoms with Crippen molar-refractivity contribution in [2.45, 2.75) is 66.0 Å². The number of hydrogen-bond acceptors (Lipinski definition) is 7. The second-order valence-corrected chi connectivity index (χ2v) is 11.3. The number of aromatic nitrogens is 2. The van der Waals surface area contributed by atoms with Gasteiger partial charge in [0, 0.05) is 37.1 Å². The van der Waals surface area contributed by atoms with Gasteiger partial charge in [0.1, 0.15) is 23.0 Å². The summed E-state index contributed by atoms with van der Waals surface area (Å²) in [6, 6.07) is 9.82. The number of rotatable bonds is 10. The Bertz CT molecular complexity index is 1470. The Morgan fingerprint density at radius 2 is 1.88 bits per heavy atom. The standard InChI is InChI=1S/C33H41N5O3/c1-8-37(7)12-10-23-14-27(26-16-31(33(5,6)40)36-19-21(26)3)25-11-13-38(32(39)28(25)15-23)22(4)29-17-30(41-9-2)24(18-34)20-35-29/h14-17,19-20,22,40H,8-13H2,1-7H3/t22-/m0/s1. The molecule has 0 radical (unpaired) electrons. The molecule has 1 aliphatic rings.